The van der Waals surface area contributed by atoms with E-state index in [-0.39, 0.29) is 10.1 Å². The number of fused-ring (bicyclic) bond motifs is 1. The Morgan fingerprint density at radius 3 is 2.63 bits per heavy atom. The summed E-state index contributed by atoms with van der Waals surface area (Å²) in [5.41, 5.74) is 2.30. The lowest BCUT2D eigenvalue weighted by molar-refractivity contribution is 0.508. The van der Waals surface area contributed by atoms with Gasteiger partial charge in [-0.05, 0) is 43.7 Å². The molecule has 1 unspecified atom stereocenters. The summed E-state index contributed by atoms with van der Waals surface area (Å²) in [6.07, 6.45) is 0.906. The Kier molecular flexibility index (Phi) is 5.63. The zero-order chi connectivity index (χ0) is 21.3. The smallest absolute Gasteiger partial charge is 0.247 e. The molecule has 0 saturated carbocycles. The number of nitrogens with zero attached hydrogens (tertiary/aromatic N) is 4. The topological polar surface area (TPSA) is 117 Å². The van der Waals surface area contributed by atoms with Crippen molar-refractivity contribution in [1.82, 2.24) is 19.7 Å². The van der Waals surface area contributed by atoms with Crippen molar-refractivity contribution >= 4 is 32.8 Å². The zero-order valence-electron chi connectivity index (χ0n) is 16.5. The van der Waals surface area contributed by atoms with E-state index in [0.29, 0.717) is 17.3 Å². The molecule has 0 fully saturated rings. The average molecular weight is 444 g/mol. The van der Waals surface area contributed by atoms with Crippen LogP contribution in [-0.4, -0.2) is 28.2 Å². The highest BCUT2D eigenvalue weighted by molar-refractivity contribution is 7.99. The summed E-state index contributed by atoms with van der Waals surface area (Å²) in [5.74, 6) is 0.970. The van der Waals surface area contributed by atoms with Crippen molar-refractivity contribution in [3.8, 4) is 11.5 Å². The van der Waals surface area contributed by atoms with Crippen molar-refractivity contribution in [3.05, 3.63) is 54.4 Å². The van der Waals surface area contributed by atoms with E-state index >= 15 is 0 Å². The van der Waals surface area contributed by atoms with Crippen molar-refractivity contribution in [2.75, 3.05) is 0 Å². The van der Waals surface area contributed by atoms with Gasteiger partial charge in [0.1, 0.15) is 0 Å². The number of rotatable bonds is 7. The fourth-order valence-corrected chi connectivity index (χ4v) is 4.61. The molecule has 0 bridgehead atoms. The van der Waals surface area contributed by atoms with Crippen LogP contribution in [0.4, 0.5) is 0 Å². The van der Waals surface area contributed by atoms with Crippen LogP contribution in [0.15, 0.2) is 63.0 Å². The van der Waals surface area contributed by atoms with Crippen LogP contribution in [0.3, 0.4) is 0 Å². The molecule has 1 atom stereocenters. The van der Waals surface area contributed by atoms with Gasteiger partial charge in [0.2, 0.25) is 21.8 Å². The molecule has 0 aliphatic carbocycles. The van der Waals surface area contributed by atoms with Gasteiger partial charge in [0.15, 0.2) is 5.16 Å². The Bertz CT molecular complexity index is 1280. The van der Waals surface area contributed by atoms with Crippen LogP contribution >= 0.6 is 11.8 Å². The molecule has 0 saturated heterocycles. The van der Waals surface area contributed by atoms with Crippen LogP contribution in [0.25, 0.3) is 22.5 Å². The van der Waals surface area contributed by atoms with Crippen LogP contribution in [0, 0.1) is 0 Å². The van der Waals surface area contributed by atoms with E-state index in [0.717, 1.165) is 29.2 Å². The number of nitrogens with two attached hydrogens (primary N) is 1. The van der Waals surface area contributed by atoms with Gasteiger partial charge < -0.3 is 8.98 Å². The molecule has 2 aromatic carbocycles. The molecule has 0 radical (unpaired) electrons. The van der Waals surface area contributed by atoms with Gasteiger partial charge in [0, 0.05) is 12.1 Å². The molecule has 0 aliphatic heterocycles. The summed E-state index contributed by atoms with van der Waals surface area (Å²) < 4.78 is 31.3. The minimum absolute atomic E-state index is 0.0464. The van der Waals surface area contributed by atoms with Crippen molar-refractivity contribution in [3.63, 3.8) is 0 Å². The number of hydrogen-bond donors (Lipinski definition) is 1. The zero-order valence-corrected chi connectivity index (χ0v) is 18.2. The third kappa shape index (κ3) is 4.11. The fourth-order valence-electron chi connectivity index (χ4n) is 3.10. The van der Waals surface area contributed by atoms with Gasteiger partial charge in [-0.25, -0.2) is 18.5 Å². The Balaban J connectivity index is 1.65. The van der Waals surface area contributed by atoms with E-state index in [1.165, 1.54) is 23.9 Å². The first-order valence-corrected chi connectivity index (χ1v) is 11.9. The third-order valence-corrected chi connectivity index (χ3v) is 6.54. The molecule has 2 N–H and O–H groups in total. The number of benzene rings is 2. The molecule has 0 aliphatic rings. The van der Waals surface area contributed by atoms with E-state index in [2.05, 4.69) is 26.7 Å². The minimum Gasteiger partial charge on any atom is -0.419 e. The maximum atomic E-state index is 11.7. The Morgan fingerprint density at radius 2 is 1.93 bits per heavy atom. The number of imidazole rings is 1. The average Bonchev–Trinajstić information content (AvgIpc) is 3.34. The van der Waals surface area contributed by atoms with E-state index in [1.807, 2.05) is 37.3 Å². The van der Waals surface area contributed by atoms with Gasteiger partial charge in [-0.3, -0.25) is 0 Å². The van der Waals surface area contributed by atoms with Crippen LogP contribution < -0.4 is 5.14 Å². The van der Waals surface area contributed by atoms with Crippen LogP contribution in [0.1, 0.15) is 31.4 Å². The monoisotopic (exact) mass is 443 g/mol. The Labute approximate surface area is 178 Å². The first-order chi connectivity index (χ1) is 14.4. The molecular weight excluding hydrogens is 422 g/mol. The highest BCUT2D eigenvalue weighted by Gasteiger charge is 2.21. The minimum atomic E-state index is -3.79. The summed E-state index contributed by atoms with van der Waals surface area (Å²) in [6.45, 7) is 4.80. The summed E-state index contributed by atoms with van der Waals surface area (Å²) in [6, 6.07) is 14.4. The lowest BCUT2D eigenvalue weighted by Crippen LogP contribution is -2.11. The summed E-state index contributed by atoms with van der Waals surface area (Å²) in [5, 5.41) is 14.2. The molecule has 4 aromatic rings. The number of aryl methyl sites for hydroxylation is 1. The first kappa shape index (κ1) is 20.6. The van der Waals surface area contributed by atoms with Crippen LogP contribution in [0.5, 0.6) is 0 Å². The molecule has 4 rings (SSSR count). The van der Waals surface area contributed by atoms with Crippen molar-refractivity contribution in [2.45, 2.75) is 42.1 Å². The maximum Gasteiger partial charge on any atom is 0.247 e. The predicted octanol–water partition coefficient (Wildman–Crippen LogP) is 4.00. The molecule has 0 amide bonds. The molecule has 156 valence electrons. The number of sulfonamides is 1. The van der Waals surface area contributed by atoms with Crippen LogP contribution in [-0.2, 0) is 16.6 Å². The second kappa shape index (κ2) is 8.21. The predicted molar refractivity (Wildman–Crippen MR) is 115 cm³/mol. The second-order valence-corrected chi connectivity index (χ2v) is 9.68. The van der Waals surface area contributed by atoms with E-state index in [9.17, 15) is 8.42 Å². The number of thioether (sulfide) groups is 1. The normalized spacial score (nSPS) is 13.0. The van der Waals surface area contributed by atoms with Gasteiger partial charge >= 0.3 is 0 Å². The van der Waals surface area contributed by atoms with Gasteiger partial charge in [-0.1, -0.05) is 36.9 Å². The van der Waals surface area contributed by atoms with Crippen molar-refractivity contribution in [1.29, 1.82) is 0 Å². The van der Waals surface area contributed by atoms with Gasteiger partial charge in [0.05, 0.1) is 21.2 Å². The van der Waals surface area contributed by atoms with Gasteiger partial charge in [-0.15, -0.1) is 10.2 Å². The molecule has 2 heterocycles. The summed E-state index contributed by atoms with van der Waals surface area (Å²) in [7, 11) is -3.79. The van der Waals surface area contributed by atoms with Crippen LogP contribution in [0.2, 0.25) is 0 Å². The number of hydrogen-bond acceptors (Lipinski definition) is 7. The quantitative estimate of drug-likeness (QED) is 0.429. The third-order valence-electron chi connectivity index (χ3n) is 4.55. The number of aromatic nitrogens is 4. The Hall–Kier alpha value is -2.69. The highest BCUT2D eigenvalue weighted by Crippen LogP contribution is 2.36. The highest BCUT2D eigenvalue weighted by atomic mass is 32.2. The molecule has 0 spiro atoms. The SMILES string of the molecule is CCCn1c(SC(C)c2nnc(-c3ccccc3)o2)nc2cc(S(N)(=O)=O)ccc21. The molecular formula is C20H21N5O3S2. The molecule has 2 aromatic heterocycles. The lowest BCUT2D eigenvalue weighted by Gasteiger charge is -2.10. The summed E-state index contributed by atoms with van der Waals surface area (Å²) >= 11 is 1.49. The maximum absolute atomic E-state index is 11.7. The van der Waals surface area contributed by atoms with Gasteiger partial charge in [-0.2, -0.15) is 0 Å². The Morgan fingerprint density at radius 1 is 1.17 bits per heavy atom. The fraction of sp³-hybridized carbons (Fsp3) is 0.250. The van der Waals surface area contributed by atoms with Crippen molar-refractivity contribution < 1.29 is 12.8 Å². The first-order valence-electron chi connectivity index (χ1n) is 9.45. The summed E-state index contributed by atoms with van der Waals surface area (Å²) in [4.78, 5) is 4.70. The molecule has 8 nitrogen and oxygen atoms in total. The largest absolute Gasteiger partial charge is 0.419 e. The van der Waals surface area contributed by atoms with Gasteiger partial charge in [0.25, 0.3) is 0 Å². The lowest BCUT2D eigenvalue weighted by atomic mass is 10.2. The number of primary sulfonamides is 1. The standard InChI is InChI=1S/C20H21N5O3S2/c1-3-11-25-17-10-9-15(30(21,26)27)12-16(17)22-20(25)29-13(2)18-23-24-19(28-18)14-7-5-4-6-8-14/h4-10,12-13H,3,11H2,1-2H3,(H2,21,26,27). The molecule has 30 heavy (non-hydrogen) atoms. The van der Waals surface area contributed by atoms with E-state index < -0.39 is 10.0 Å². The molecule has 10 heteroatoms. The van der Waals surface area contributed by atoms with E-state index in [4.69, 9.17) is 9.56 Å². The van der Waals surface area contributed by atoms with E-state index in [1.54, 1.807) is 6.07 Å². The van der Waals surface area contributed by atoms with Crippen molar-refractivity contribution in [2.24, 2.45) is 5.14 Å². The second-order valence-electron chi connectivity index (χ2n) is 6.81.